The van der Waals surface area contributed by atoms with Crippen molar-refractivity contribution in [3.8, 4) is 0 Å². The summed E-state index contributed by atoms with van der Waals surface area (Å²) in [5.74, 6) is 0.475. The number of hydrogen-bond acceptors (Lipinski definition) is 1. The van der Waals surface area contributed by atoms with Crippen molar-refractivity contribution < 1.29 is 5.11 Å². The van der Waals surface area contributed by atoms with Gasteiger partial charge in [-0.1, -0.05) is 23.7 Å². The van der Waals surface area contributed by atoms with Crippen molar-refractivity contribution in [1.82, 2.24) is 0 Å². The highest BCUT2D eigenvalue weighted by atomic mass is 35.5. The second-order valence-corrected chi connectivity index (χ2v) is 3.77. The summed E-state index contributed by atoms with van der Waals surface area (Å²) in [6.45, 7) is 0. The van der Waals surface area contributed by atoms with Gasteiger partial charge in [-0.15, -0.1) is 0 Å². The van der Waals surface area contributed by atoms with Crippen molar-refractivity contribution in [1.29, 1.82) is 0 Å². The molecule has 2 heteroatoms. The summed E-state index contributed by atoms with van der Waals surface area (Å²) in [4.78, 5) is 0. The van der Waals surface area contributed by atoms with Gasteiger partial charge in [0.25, 0.3) is 0 Å². The summed E-state index contributed by atoms with van der Waals surface area (Å²) >= 11 is 5.80. The maximum Gasteiger partial charge on any atom is 0.0818 e. The summed E-state index contributed by atoms with van der Waals surface area (Å²) in [6, 6.07) is 7.47. The third kappa shape index (κ3) is 1.62. The summed E-state index contributed by atoms with van der Waals surface area (Å²) in [5.41, 5.74) is 0.949. The molecule has 1 fully saturated rings. The van der Waals surface area contributed by atoms with Crippen LogP contribution >= 0.6 is 11.6 Å². The summed E-state index contributed by atoms with van der Waals surface area (Å²) < 4.78 is 0. The second-order valence-electron chi connectivity index (χ2n) is 3.34. The zero-order valence-electron chi connectivity index (χ0n) is 6.70. The highest BCUT2D eigenvalue weighted by Crippen LogP contribution is 2.41. The molecule has 0 amide bonds. The van der Waals surface area contributed by atoms with E-state index in [0.29, 0.717) is 10.9 Å². The van der Waals surface area contributed by atoms with Crippen molar-refractivity contribution in [3.05, 3.63) is 34.9 Å². The monoisotopic (exact) mass is 182 g/mol. The summed E-state index contributed by atoms with van der Waals surface area (Å²) in [6.07, 6.45) is 1.99. The Labute approximate surface area is 77.0 Å². The van der Waals surface area contributed by atoms with Crippen molar-refractivity contribution >= 4 is 11.6 Å². The molecule has 2 rings (SSSR count). The largest absolute Gasteiger partial charge is 0.388 e. The van der Waals surface area contributed by atoms with E-state index in [1.807, 2.05) is 24.3 Å². The van der Waals surface area contributed by atoms with E-state index in [4.69, 9.17) is 11.6 Å². The average molecular weight is 183 g/mol. The zero-order chi connectivity index (χ0) is 8.55. The number of hydrogen-bond donors (Lipinski definition) is 1. The van der Waals surface area contributed by atoms with E-state index >= 15 is 0 Å². The average Bonchev–Trinajstić information content (AvgIpc) is 2.85. The molecular formula is C10H11ClO. The first-order chi connectivity index (χ1) is 5.77. The first kappa shape index (κ1) is 8.09. The molecule has 1 aromatic rings. The lowest BCUT2D eigenvalue weighted by Crippen LogP contribution is -1.98. The van der Waals surface area contributed by atoms with Gasteiger partial charge in [0.15, 0.2) is 0 Å². The van der Waals surface area contributed by atoms with Crippen LogP contribution < -0.4 is 0 Å². The molecule has 0 aromatic heterocycles. The lowest BCUT2D eigenvalue weighted by Gasteiger charge is -2.08. The fourth-order valence-corrected chi connectivity index (χ4v) is 1.57. The minimum Gasteiger partial charge on any atom is -0.388 e. The zero-order valence-corrected chi connectivity index (χ0v) is 7.46. The first-order valence-corrected chi connectivity index (χ1v) is 4.59. The smallest absolute Gasteiger partial charge is 0.0818 e. The number of halogens is 1. The van der Waals surface area contributed by atoms with Crippen LogP contribution in [-0.4, -0.2) is 5.11 Å². The SMILES string of the molecule is O[C@@H](c1cccc(Cl)c1)C1CC1. The number of aliphatic hydroxyl groups excluding tert-OH is 1. The molecule has 1 atom stereocenters. The van der Waals surface area contributed by atoms with Gasteiger partial charge in [-0.25, -0.2) is 0 Å². The van der Waals surface area contributed by atoms with Crippen LogP contribution in [0.4, 0.5) is 0 Å². The molecule has 12 heavy (non-hydrogen) atoms. The molecule has 64 valence electrons. The van der Waals surface area contributed by atoms with E-state index in [0.717, 1.165) is 18.4 Å². The standard InChI is InChI=1S/C10H11ClO/c11-9-3-1-2-8(6-9)10(12)7-4-5-7/h1-3,6-7,10,12H,4-5H2/t10-/m1/s1. The number of benzene rings is 1. The molecule has 0 saturated heterocycles. The summed E-state index contributed by atoms with van der Waals surface area (Å²) in [7, 11) is 0. The summed E-state index contributed by atoms with van der Waals surface area (Å²) in [5, 5.41) is 10.4. The van der Waals surface area contributed by atoms with E-state index in [9.17, 15) is 5.11 Å². The fraction of sp³-hybridized carbons (Fsp3) is 0.400. The molecule has 1 aliphatic rings. The van der Waals surface area contributed by atoms with Crippen LogP contribution in [0, 0.1) is 5.92 Å². The van der Waals surface area contributed by atoms with Crippen LogP contribution in [-0.2, 0) is 0 Å². The van der Waals surface area contributed by atoms with Crippen LogP contribution in [0.1, 0.15) is 24.5 Å². The van der Waals surface area contributed by atoms with E-state index < -0.39 is 0 Å². The number of aliphatic hydroxyl groups is 1. The Morgan fingerprint density at radius 1 is 1.42 bits per heavy atom. The third-order valence-electron chi connectivity index (χ3n) is 2.26. The Morgan fingerprint density at radius 3 is 2.75 bits per heavy atom. The maximum atomic E-state index is 9.73. The minimum atomic E-state index is -0.302. The highest BCUT2D eigenvalue weighted by Gasteiger charge is 2.30. The van der Waals surface area contributed by atoms with Gasteiger partial charge in [0.2, 0.25) is 0 Å². The van der Waals surface area contributed by atoms with Gasteiger partial charge in [-0.2, -0.15) is 0 Å². The van der Waals surface area contributed by atoms with Crippen molar-refractivity contribution in [3.63, 3.8) is 0 Å². The molecule has 1 nitrogen and oxygen atoms in total. The Balaban J connectivity index is 2.20. The van der Waals surface area contributed by atoms with Gasteiger partial charge in [0.05, 0.1) is 6.10 Å². The van der Waals surface area contributed by atoms with Crippen LogP contribution in [0.5, 0.6) is 0 Å². The molecular weight excluding hydrogens is 172 g/mol. The quantitative estimate of drug-likeness (QED) is 0.746. The lowest BCUT2D eigenvalue weighted by molar-refractivity contribution is 0.154. The Hall–Kier alpha value is -0.530. The molecule has 0 radical (unpaired) electrons. The molecule has 0 heterocycles. The van der Waals surface area contributed by atoms with Gasteiger partial charge >= 0.3 is 0 Å². The first-order valence-electron chi connectivity index (χ1n) is 4.21. The fourth-order valence-electron chi connectivity index (χ4n) is 1.37. The van der Waals surface area contributed by atoms with Gasteiger partial charge < -0.3 is 5.11 Å². The topological polar surface area (TPSA) is 20.2 Å². The molecule has 0 unspecified atom stereocenters. The lowest BCUT2D eigenvalue weighted by atomic mass is 10.1. The molecule has 0 bridgehead atoms. The minimum absolute atomic E-state index is 0.302. The molecule has 1 N–H and O–H groups in total. The van der Waals surface area contributed by atoms with E-state index in [1.54, 1.807) is 0 Å². The van der Waals surface area contributed by atoms with Crippen molar-refractivity contribution in [2.24, 2.45) is 5.92 Å². The second kappa shape index (κ2) is 3.08. The predicted molar refractivity (Wildman–Crippen MR) is 49.1 cm³/mol. The van der Waals surface area contributed by atoms with Crippen molar-refractivity contribution in [2.75, 3.05) is 0 Å². The van der Waals surface area contributed by atoms with Crippen LogP contribution in [0.3, 0.4) is 0 Å². The van der Waals surface area contributed by atoms with Gasteiger partial charge in [-0.05, 0) is 36.5 Å². The van der Waals surface area contributed by atoms with Crippen molar-refractivity contribution in [2.45, 2.75) is 18.9 Å². The van der Waals surface area contributed by atoms with Gasteiger partial charge in [0.1, 0.15) is 0 Å². The third-order valence-corrected chi connectivity index (χ3v) is 2.49. The van der Waals surface area contributed by atoms with E-state index in [2.05, 4.69) is 0 Å². The molecule has 0 spiro atoms. The van der Waals surface area contributed by atoms with Crippen LogP contribution in [0.25, 0.3) is 0 Å². The molecule has 1 aliphatic carbocycles. The predicted octanol–water partition coefficient (Wildman–Crippen LogP) is 2.78. The maximum absolute atomic E-state index is 9.73. The van der Waals surface area contributed by atoms with E-state index in [1.165, 1.54) is 0 Å². The molecule has 0 aliphatic heterocycles. The highest BCUT2D eigenvalue weighted by molar-refractivity contribution is 6.30. The van der Waals surface area contributed by atoms with E-state index in [-0.39, 0.29) is 6.10 Å². The molecule has 1 saturated carbocycles. The Bertz CT molecular complexity index is 281. The molecule has 1 aromatic carbocycles. The Kier molecular flexibility index (Phi) is 2.07. The normalized spacial score (nSPS) is 19.2. The Morgan fingerprint density at radius 2 is 2.17 bits per heavy atom. The van der Waals surface area contributed by atoms with Gasteiger partial charge in [0, 0.05) is 5.02 Å². The van der Waals surface area contributed by atoms with Gasteiger partial charge in [-0.3, -0.25) is 0 Å². The number of rotatable bonds is 2. The van der Waals surface area contributed by atoms with Crippen LogP contribution in [0.2, 0.25) is 5.02 Å². The van der Waals surface area contributed by atoms with Crippen LogP contribution in [0.15, 0.2) is 24.3 Å².